The molecule has 2 aromatic rings. The van der Waals surface area contributed by atoms with Crippen LogP contribution in [0.15, 0.2) is 48.5 Å². The summed E-state index contributed by atoms with van der Waals surface area (Å²) in [5.41, 5.74) is 4.26. The lowest BCUT2D eigenvalue weighted by molar-refractivity contribution is -0.122. The van der Waals surface area contributed by atoms with E-state index in [1.54, 1.807) is 31.2 Å². The summed E-state index contributed by atoms with van der Waals surface area (Å²) >= 11 is 0. The average molecular weight is 387 g/mol. The molecule has 0 aliphatic heterocycles. The van der Waals surface area contributed by atoms with E-state index in [0.29, 0.717) is 5.69 Å². The molecule has 3 rings (SSSR count). The first-order chi connectivity index (χ1) is 12.8. The Morgan fingerprint density at radius 2 is 1.70 bits per heavy atom. The van der Waals surface area contributed by atoms with E-state index in [2.05, 4.69) is 17.4 Å². The number of rotatable bonds is 6. The van der Waals surface area contributed by atoms with Crippen LogP contribution in [-0.2, 0) is 27.7 Å². The first kappa shape index (κ1) is 19.4. The number of para-hydroxylation sites is 1. The Morgan fingerprint density at radius 3 is 2.37 bits per heavy atom. The molecule has 0 unspecified atom stereocenters. The summed E-state index contributed by atoms with van der Waals surface area (Å²) in [5, 5.41) is 2.96. The number of amides is 1. The van der Waals surface area contributed by atoms with Gasteiger partial charge in [-0.3, -0.25) is 9.10 Å². The van der Waals surface area contributed by atoms with Crippen LogP contribution in [0.5, 0.6) is 0 Å². The monoisotopic (exact) mass is 386 g/mol. The molecule has 0 saturated heterocycles. The largest absolute Gasteiger partial charge is 0.348 e. The highest BCUT2D eigenvalue weighted by Crippen LogP contribution is 2.26. The zero-order valence-electron chi connectivity index (χ0n) is 16.0. The van der Waals surface area contributed by atoms with Crippen LogP contribution >= 0.6 is 0 Å². The lowest BCUT2D eigenvalue weighted by Gasteiger charge is -2.29. The van der Waals surface area contributed by atoms with Gasteiger partial charge in [-0.15, -0.1) is 0 Å². The molecule has 1 N–H and O–H groups in total. The second-order valence-corrected chi connectivity index (χ2v) is 9.04. The van der Waals surface area contributed by atoms with E-state index in [-0.39, 0.29) is 11.9 Å². The predicted molar refractivity (Wildman–Crippen MR) is 108 cm³/mol. The number of hydrogen-bond acceptors (Lipinski definition) is 3. The van der Waals surface area contributed by atoms with Gasteiger partial charge in [0.15, 0.2) is 0 Å². The van der Waals surface area contributed by atoms with Gasteiger partial charge in [0.1, 0.15) is 6.04 Å². The van der Waals surface area contributed by atoms with Gasteiger partial charge >= 0.3 is 0 Å². The van der Waals surface area contributed by atoms with Crippen molar-refractivity contribution in [2.75, 3.05) is 10.6 Å². The van der Waals surface area contributed by atoms with Gasteiger partial charge in [0.2, 0.25) is 15.9 Å². The Hall–Kier alpha value is -2.34. The first-order valence-corrected chi connectivity index (χ1v) is 11.1. The smallest absolute Gasteiger partial charge is 0.244 e. The van der Waals surface area contributed by atoms with Gasteiger partial charge in [0, 0.05) is 0 Å². The normalized spacial score (nSPS) is 15.7. The number of hydrogen-bond donors (Lipinski definition) is 1. The lowest BCUT2D eigenvalue weighted by Crippen LogP contribution is -2.48. The van der Waals surface area contributed by atoms with E-state index >= 15 is 0 Å². The number of aryl methyl sites for hydroxylation is 2. The number of fused-ring (bicyclic) bond motifs is 1. The number of nitrogens with one attached hydrogen (secondary N) is 1. The maximum Gasteiger partial charge on any atom is 0.244 e. The molecule has 1 aliphatic carbocycles. The topological polar surface area (TPSA) is 66.5 Å². The van der Waals surface area contributed by atoms with E-state index < -0.39 is 16.1 Å². The minimum Gasteiger partial charge on any atom is -0.348 e. The molecule has 1 amide bonds. The number of carbonyl (C=O) groups is 1. The summed E-state index contributed by atoms with van der Waals surface area (Å²) in [6.07, 6.45) is 4.49. The fraction of sp³-hybridized carbons (Fsp3) is 0.381. The molecule has 0 heterocycles. The molecule has 0 fully saturated rings. The van der Waals surface area contributed by atoms with E-state index in [9.17, 15) is 13.2 Å². The third-order valence-corrected chi connectivity index (χ3v) is 6.32. The van der Waals surface area contributed by atoms with E-state index in [4.69, 9.17) is 0 Å². The van der Waals surface area contributed by atoms with Crippen LogP contribution < -0.4 is 9.62 Å². The molecule has 27 heavy (non-hydrogen) atoms. The number of sulfonamides is 1. The van der Waals surface area contributed by atoms with Gasteiger partial charge < -0.3 is 5.32 Å². The molecule has 0 radical (unpaired) electrons. The molecule has 144 valence electrons. The van der Waals surface area contributed by atoms with Gasteiger partial charge in [-0.25, -0.2) is 8.42 Å². The van der Waals surface area contributed by atoms with Gasteiger partial charge in [0.05, 0.1) is 18.0 Å². The minimum atomic E-state index is -3.60. The predicted octanol–water partition coefficient (Wildman–Crippen LogP) is 3.21. The SMILES string of the molecule is C[C@@H](NC(=O)[C@H](C)N(c1ccccc1)S(C)(=O)=O)c1ccc2c(c1)CCC2. The second-order valence-electron chi connectivity index (χ2n) is 7.18. The van der Waals surface area contributed by atoms with Crippen molar-refractivity contribution in [1.82, 2.24) is 5.32 Å². The van der Waals surface area contributed by atoms with E-state index in [1.807, 2.05) is 19.1 Å². The molecule has 5 nitrogen and oxygen atoms in total. The van der Waals surface area contributed by atoms with Crippen LogP contribution in [0.1, 0.15) is 43.0 Å². The van der Waals surface area contributed by atoms with Crippen molar-refractivity contribution in [2.45, 2.75) is 45.2 Å². The zero-order valence-corrected chi connectivity index (χ0v) is 16.8. The number of carbonyl (C=O) groups excluding carboxylic acids is 1. The Bertz CT molecular complexity index is 926. The van der Waals surface area contributed by atoms with Crippen molar-refractivity contribution in [1.29, 1.82) is 0 Å². The molecule has 0 saturated carbocycles. The lowest BCUT2D eigenvalue weighted by atomic mass is 10.0. The second kappa shape index (κ2) is 7.72. The Morgan fingerprint density at radius 1 is 1.04 bits per heavy atom. The molecule has 6 heteroatoms. The van der Waals surface area contributed by atoms with Gasteiger partial charge in [-0.2, -0.15) is 0 Å². The third-order valence-electron chi connectivity index (χ3n) is 5.08. The number of anilines is 1. The zero-order chi connectivity index (χ0) is 19.6. The fourth-order valence-corrected chi connectivity index (χ4v) is 4.84. The van der Waals surface area contributed by atoms with Crippen LogP contribution in [-0.4, -0.2) is 26.6 Å². The molecule has 2 atom stereocenters. The number of benzene rings is 2. The van der Waals surface area contributed by atoms with Crippen LogP contribution in [0.2, 0.25) is 0 Å². The Labute approximate surface area is 161 Å². The van der Waals surface area contributed by atoms with Gasteiger partial charge in [-0.1, -0.05) is 36.4 Å². The van der Waals surface area contributed by atoms with Crippen molar-refractivity contribution < 1.29 is 13.2 Å². The van der Waals surface area contributed by atoms with Crippen molar-refractivity contribution in [2.24, 2.45) is 0 Å². The van der Waals surface area contributed by atoms with Crippen molar-refractivity contribution >= 4 is 21.6 Å². The van der Waals surface area contributed by atoms with E-state index in [1.165, 1.54) is 17.5 Å². The van der Waals surface area contributed by atoms with Crippen molar-refractivity contribution in [3.63, 3.8) is 0 Å². The van der Waals surface area contributed by atoms with Crippen LogP contribution in [0.3, 0.4) is 0 Å². The maximum absolute atomic E-state index is 12.8. The third kappa shape index (κ3) is 4.33. The standard InChI is InChI=1S/C21H26N2O3S/c1-15(18-13-12-17-8-7-9-19(17)14-18)22-21(24)16(2)23(27(3,25)26)20-10-5-4-6-11-20/h4-6,10-16H,7-9H2,1-3H3,(H,22,24)/t15-,16+/m1/s1. The summed E-state index contributed by atoms with van der Waals surface area (Å²) in [4.78, 5) is 12.8. The quantitative estimate of drug-likeness (QED) is 0.829. The minimum absolute atomic E-state index is 0.192. The Kier molecular flexibility index (Phi) is 5.56. The Balaban J connectivity index is 1.77. The summed E-state index contributed by atoms with van der Waals surface area (Å²) in [6.45, 7) is 3.54. The molecule has 0 bridgehead atoms. The fourth-order valence-electron chi connectivity index (χ4n) is 3.66. The highest BCUT2D eigenvalue weighted by molar-refractivity contribution is 7.92. The van der Waals surface area contributed by atoms with Crippen LogP contribution in [0.4, 0.5) is 5.69 Å². The molecule has 2 aromatic carbocycles. The molecule has 0 aromatic heterocycles. The van der Waals surface area contributed by atoms with Gasteiger partial charge in [-0.05, 0) is 61.9 Å². The molecule has 1 aliphatic rings. The highest BCUT2D eigenvalue weighted by atomic mass is 32.2. The van der Waals surface area contributed by atoms with Crippen LogP contribution in [0, 0.1) is 0 Å². The average Bonchev–Trinajstić information content (AvgIpc) is 3.09. The summed E-state index contributed by atoms with van der Waals surface area (Å²) in [7, 11) is -3.60. The molecular formula is C21H26N2O3S. The van der Waals surface area contributed by atoms with Crippen molar-refractivity contribution in [3.05, 3.63) is 65.2 Å². The first-order valence-electron chi connectivity index (χ1n) is 9.24. The summed E-state index contributed by atoms with van der Waals surface area (Å²) < 4.78 is 25.8. The molecular weight excluding hydrogens is 360 g/mol. The highest BCUT2D eigenvalue weighted by Gasteiger charge is 2.29. The maximum atomic E-state index is 12.8. The van der Waals surface area contributed by atoms with Gasteiger partial charge in [0.25, 0.3) is 0 Å². The van der Waals surface area contributed by atoms with E-state index in [0.717, 1.165) is 29.0 Å². The number of nitrogens with zero attached hydrogens (tertiary/aromatic N) is 1. The van der Waals surface area contributed by atoms with Crippen LogP contribution in [0.25, 0.3) is 0 Å². The van der Waals surface area contributed by atoms with Crippen molar-refractivity contribution in [3.8, 4) is 0 Å². The molecule has 0 spiro atoms. The summed E-state index contributed by atoms with van der Waals surface area (Å²) in [5.74, 6) is -0.322. The summed E-state index contributed by atoms with van der Waals surface area (Å²) in [6, 6.07) is 14.0.